The van der Waals surface area contributed by atoms with Crippen molar-refractivity contribution in [1.29, 1.82) is 0 Å². The van der Waals surface area contributed by atoms with Crippen LogP contribution in [0.25, 0.3) is 0 Å². The van der Waals surface area contributed by atoms with Crippen LogP contribution in [-0.4, -0.2) is 17.1 Å². The lowest BCUT2D eigenvalue weighted by Gasteiger charge is -2.26. The molecule has 3 nitrogen and oxygen atoms in total. The van der Waals surface area contributed by atoms with Gasteiger partial charge in [-0.1, -0.05) is 6.07 Å². The predicted molar refractivity (Wildman–Crippen MR) is 61.3 cm³/mol. The number of nitrogens with two attached hydrogens (primary N) is 1. The molecule has 0 bridgehead atoms. The quantitative estimate of drug-likeness (QED) is 0.785. The topological polar surface area (TPSA) is 50.9 Å². The lowest BCUT2D eigenvalue weighted by atomic mass is 9.92. The minimum absolute atomic E-state index is 0.432. The molecule has 0 unspecified atom stereocenters. The molecule has 0 amide bonds. The zero-order chi connectivity index (χ0) is 10.5. The molecule has 1 saturated carbocycles. The number of rotatable bonds is 3. The van der Waals surface area contributed by atoms with Gasteiger partial charge in [-0.25, -0.2) is 0 Å². The number of aromatic nitrogens is 1. The molecule has 0 atom stereocenters. The lowest BCUT2D eigenvalue weighted by Crippen LogP contribution is -2.37. The van der Waals surface area contributed by atoms with Crippen LogP contribution in [0, 0.1) is 0 Å². The molecule has 3 N–H and O–H groups in total. The summed E-state index contributed by atoms with van der Waals surface area (Å²) < 4.78 is 0. The molecule has 0 spiro atoms. The molecule has 1 aliphatic carbocycles. The van der Waals surface area contributed by atoms with Gasteiger partial charge in [0.15, 0.2) is 0 Å². The fraction of sp³-hybridized carbons (Fsp3) is 0.583. The third-order valence-corrected chi connectivity index (χ3v) is 3.09. The molecule has 3 heteroatoms. The summed E-state index contributed by atoms with van der Waals surface area (Å²) in [5.41, 5.74) is 7.12. The molecule has 1 fully saturated rings. The van der Waals surface area contributed by atoms with Gasteiger partial charge in [0, 0.05) is 31.0 Å². The fourth-order valence-electron chi connectivity index (χ4n) is 2.09. The first-order valence-corrected chi connectivity index (χ1v) is 5.72. The van der Waals surface area contributed by atoms with E-state index in [2.05, 4.69) is 16.4 Å². The minimum atomic E-state index is 0.432. The van der Waals surface area contributed by atoms with E-state index in [0.717, 1.165) is 19.4 Å². The van der Waals surface area contributed by atoms with Gasteiger partial charge in [0.25, 0.3) is 0 Å². The van der Waals surface area contributed by atoms with Crippen molar-refractivity contribution in [2.75, 3.05) is 0 Å². The Balaban J connectivity index is 1.74. The highest BCUT2D eigenvalue weighted by molar-refractivity contribution is 5.08. The normalized spacial score (nSPS) is 26.5. The summed E-state index contributed by atoms with van der Waals surface area (Å²) in [4.78, 5) is 4.10. The Morgan fingerprint density at radius 3 is 2.80 bits per heavy atom. The van der Waals surface area contributed by atoms with Gasteiger partial charge in [-0.15, -0.1) is 0 Å². The van der Waals surface area contributed by atoms with Gasteiger partial charge < -0.3 is 11.1 Å². The summed E-state index contributed by atoms with van der Waals surface area (Å²) in [5.74, 6) is 0. The average Bonchev–Trinajstić information content (AvgIpc) is 2.30. The van der Waals surface area contributed by atoms with E-state index < -0.39 is 0 Å². The first-order valence-electron chi connectivity index (χ1n) is 5.72. The van der Waals surface area contributed by atoms with Gasteiger partial charge >= 0.3 is 0 Å². The van der Waals surface area contributed by atoms with Crippen LogP contribution in [0.5, 0.6) is 0 Å². The van der Waals surface area contributed by atoms with E-state index in [0.29, 0.717) is 12.1 Å². The van der Waals surface area contributed by atoms with Crippen molar-refractivity contribution in [2.24, 2.45) is 5.73 Å². The van der Waals surface area contributed by atoms with E-state index in [1.54, 1.807) is 0 Å². The third-order valence-electron chi connectivity index (χ3n) is 3.09. The molecule has 15 heavy (non-hydrogen) atoms. The summed E-state index contributed by atoms with van der Waals surface area (Å²) in [7, 11) is 0. The molecular formula is C12H19N3. The highest BCUT2D eigenvalue weighted by Gasteiger charge is 2.17. The molecule has 2 rings (SSSR count). The second-order valence-electron chi connectivity index (χ2n) is 4.35. The largest absolute Gasteiger partial charge is 0.328 e. The van der Waals surface area contributed by atoms with Crippen LogP contribution in [0.4, 0.5) is 0 Å². The fourth-order valence-corrected chi connectivity index (χ4v) is 2.09. The van der Waals surface area contributed by atoms with E-state index in [-0.39, 0.29) is 0 Å². The van der Waals surface area contributed by atoms with Crippen molar-refractivity contribution in [1.82, 2.24) is 10.3 Å². The Kier molecular flexibility index (Phi) is 3.69. The van der Waals surface area contributed by atoms with Crippen LogP contribution in [0.15, 0.2) is 24.5 Å². The van der Waals surface area contributed by atoms with Gasteiger partial charge in [0.1, 0.15) is 0 Å². The molecule has 1 aliphatic rings. The van der Waals surface area contributed by atoms with E-state index in [4.69, 9.17) is 5.73 Å². The summed E-state index contributed by atoms with van der Waals surface area (Å²) in [5, 5.41) is 3.56. The Hall–Kier alpha value is -0.930. The monoisotopic (exact) mass is 205 g/mol. The van der Waals surface area contributed by atoms with Crippen molar-refractivity contribution in [2.45, 2.75) is 44.3 Å². The zero-order valence-corrected chi connectivity index (χ0v) is 9.02. The van der Waals surface area contributed by atoms with Crippen molar-refractivity contribution in [3.8, 4) is 0 Å². The molecule has 82 valence electrons. The van der Waals surface area contributed by atoms with Gasteiger partial charge in [-0.2, -0.15) is 0 Å². The molecule has 1 heterocycles. The second-order valence-corrected chi connectivity index (χ2v) is 4.35. The third kappa shape index (κ3) is 3.29. The van der Waals surface area contributed by atoms with Crippen LogP contribution in [0.2, 0.25) is 0 Å². The lowest BCUT2D eigenvalue weighted by molar-refractivity contribution is 0.341. The zero-order valence-electron chi connectivity index (χ0n) is 9.02. The van der Waals surface area contributed by atoms with E-state index in [1.807, 2.05) is 18.5 Å². The highest BCUT2D eigenvalue weighted by atomic mass is 14.9. The maximum absolute atomic E-state index is 5.87. The Bertz CT molecular complexity index is 278. The molecule has 0 radical (unpaired) electrons. The smallest absolute Gasteiger partial charge is 0.0312 e. The van der Waals surface area contributed by atoms with Crippen LogP contribution in [-0.2, 0) is 6.54 Å². The van der Waals surface area contributed by atoms with Gasteiger partial charge in [-0.3, -0.25) is 4.98 Å². The van der Waals surface area contributed by atoms with E-state index in [9.17, 15) is 0 Å². The van der Waals surface area contributed by atoms with E-state index in [1.165, 1.54) is 18.4 Å². The van der Waals surface area contributed by atoms with Crippen LogP contribution >= 0.6 is 0 Å². The van der Waals surface area contributed by atoms with Crippen LogP contribution in [0.1, 0.15) is 31.2 Å². The number of hydrogen-bond acceptors (Lipinski definition) is 3. The minimum Gasteiger partial charge on any atom is -0.328 e. The Morgan fingerprint density at radius 2 is 2.13 bits per heavy atom. The van der Waals surface area contributed by atoms with Crippen molar-refractivity contribution >= 4 is 0 Å². The molecular weight excluding hydrogens is 186 g/mol. The van der Waals surface area contributed by atoms with Crippen molar-refractivity contribution in [3.05, 3.63) is 30.1 Å². The Labute approximate surface area is 91.1 Å². The van der Waals surface area contributed by atoms with E-state index >= 15 is 0 Å². The van der Waals surface area contributed by atoms with Gasteiger partial charge in [-0.05, 0) is 37.3 Å². The molecule has 1 aromatic heterocycles. The van der Waals surface area contributed by atoms with Gasteiger partial charge in [0.2, 0.25) is 0 Å². The van der Waals surface area contributed by atoms with Gasteiger partial charge in [0.05, 0.1) is 0 Å². The number of nitrogens with one attached hydrogen (secondary N) is 1. The number of pyridine rings is 1. The number of nitrogens with zero attached hydrogens (tertiary/aromatic N) is 1. The first kappa shape index (κ1) is 10.6. The van der Waals surface area contributed by atoms with Crippen LogP contribution in [0.3, 0.4) is 0 Å². The SMILES string of the molecule is N[C@H]1CC[C@H](NCc2cccnc2)CC1. The van der Waals surface area contributed by atoms with Crippen molar-refractivity contribution < 1.29 is 0 Å². The highest BCUT2D eigenvalue weighted by Crippen LogP contribution is 2.17. The summed E-state index contributed by atoms with van der Waals surface area (Å²) >= 11 is 0. The number of hydrogen-bond donors (Lipinski definition) is 2. The Morgan fingerprint density at radius 1 is 1.33 bits per heavy atom. The van der Waals surface area contributed by atoms with Crippen molar-refractivity contribution in [3.63, 3.8) is 0 Å². The molecule has 1 aromatic rings. The van der Waals surface area contributed by atoms with Crippen LogP contribution < -0.4 is 11.1 Å². The standard InChI is InChI=1S/C12H19N3/c13-11-3-5-12(6-4-11)15-9-10-2-1-7-14-8-10/h1-2,7-8,11-12,15H,3-6,9,13H2/t11-,12-. The summed E-state index contributed by atoms with van der Waals surface area (Å²) in [6.45, 7) is 0.924. The average molecular weight is 205 g/mol. The first-order chi connectivity index (χ1) is 7.34. The summed E-state index contributed by atoms with van der Waals surface area (Å²) in [6.07, 6.45) is 8.46. The maximum atomic E-state index is 5.87. The summed E-state index contributed by atoms with van der Waals surface area (Å²) in [6, 6.07) is 5.16. The maximum Gasteiger partial charge on any atom is 0.0312 e. The second kappa shape index (κ2) is 5.24. The predicted octanol–water partition coefficient (Wildman–Crippen LogP) is 1.44. The molecule has 0 aliphatic heterocycles. The molecule has 0 aromatic carbocycles. The molecule has 0 saturated heterocycles.